The SMILES string of the molecule is CCn1cc2nc(SCC(=O)Nc3ccccc3OC)n(Cc3ccccc3)c(=O)c2n1. The van der Waals surface area contributed by atoms with Crippen LogP contribution >= 0.6 is 11.8 Å². The monoisotopic (exact) mass is 449 g/mol. The Morgan fingerprint density at radius 1 is 1.12 bits per heavy atom. The average Bonchev–Trinajstić information content (AvgIpc) is 3.24. The Morgan fingerprint density at radius 2 is 1.88 bits per heavy atom. The summed E-state index contributed by atoms with van der Waals surface area (Å²) in [6.07, 6.45) is 1.75. The van der Waals surface area contributed by atoms with E-state index in [9.17, 15) is 9.59 Å². The second-order valence-electron chi connectivity index (χ2n) is 7.03. The number of hydrogen-bond donors (Lipinski definition) is 1. The summed E-state index contributed by atoms with van der Waals surface area (Å²) in [4.78, 5) is 30.5. The number of amides is 1. The van der Waals surface area contributed by atoms with E-state index in [2.05, 4.69) is 15.4 Å². The lowest BCUT2D eigenvalue weighted by Gasteiger charge is -2.12. The van der Waals surface area contributed by atoms with Crippen LogP contribution in [-0.2, 0) is 17.9 Å². The normalized spacial score (nSPS) is 10.9. The predicted octanol–water partition coefficient (Wildman–Crippen LogP) is 3.40. The van der Waals surface area contributed by atoms with Gasteiger partial charge < -0.3 is 10.1 Å². The molecular formula is C23H23N5O3S. The molecule has 2 heterocycles. The van der Waals surface area contributed by atoms with Crippen LogP contribution < -0.4 is 15.6 Å². The van der Waals surface area contributed by atoms with Crippen LogP contribution in [0.15, 0.2) is 70.7 Å². The van der Waals surface area contributed by atoms with Crippen LogP contribution in [-0.4, -0.2) is 38.1 Å². The first-order valence-electron chi connectivity index (χ1n) is 10.2. The molecule has 9 heteroatoms. The van der Waals surface area contributed by atoms with Crippen molar-refractivity contribution in [2.45, 2.75) is 25.2 Å². The predicted molar refractivity (Wildman–Crippen MR) is 125 cm³/mol. The number of thioether (sulfide) groups is 1. The lowest BCUT2D eigenvalue weighted by atomic mass is 10.2. The van der Waals surface area contributed by atoms with Gasteiger partial charge in [0.25, 0.3) is 5.56 Å². The van der Waals surface area contributed by atoms with E-state index in [4.69, 9.17) is 4.74 Å². The number of benzene rings is 2. The molecule has 0 aliphatic heterocycles. The van der Waals surface area contributed by atoms with Gasteiger partial charge in [-0.3, -0.25) is 18.8 Å². The van der Waals surface area contributed by atoms with Crippen LogP contribution in [0, 0.1) is 0 Å². The van der Waals surface area contributed by atoms with Crippen LogP contribution in [0.25, 0.3) is 11.0 Å². The van der Waals surface area contributed by atoms with Gasteiger partial charge in [0.05, 0.1) is 31.3 Å². The topological polar surface area (TPSA) is 91.0 Å². The van der Waals surface area contributed by atoms with Crippen molar-refractivity contribution in [2.75, 3.05) is 18.2 Å². The molecule has 0 radical (unpaired) electrons. The molecule has 0 aliphatic rings. The lowest BCUT2D eigenvalue weighted by molar-refractivity contribution is -0.113. The maximum absolute atomic E-state index is 13.2. The first-order chi connectivity index (χ1) is 15.6. The Labute approximate surface area is 189 Å². The Balaban J connectivity index is 1.62. The number of hydrogen-bond acceptors (Lipinski definition) is 6. The highest BCUT2D eigenvalue weighted by Gasteiger charge is 2.17. The van der Waals surface area contributed by atoms with Gasteiger partial charge in [0.15, 0.2) is 10.7 Å². The van der Waals surface area contributed by atoms with E-state index < -0.39 is 0 Å². The second-order valence-corrected chi connectivity index (χ2v) is 7.97. The van der Waals surface area contributed by atoms with Crippen molar-refractivity contribution in [3.63, 3.8) is 0 Å². The number of anilines is 1. The van der Waals surface area contributed by atoms with Crippen molar-refractivity contribution in [2.24, 2.45) is 0 Å². The molecule has 4 rings (SSSR count). The summed E-state index contributed by atoms with van der Waals surface area (Å²) in [7, 11) is 1.55. The van der Waals surface area contributed by atoms with Gasteiger partial charge in [-0.25, -0.2) is 4.98 Å². The summed E-state index contributed by atoms with van der Waals surface area (Å²) in [5, 5.41) is 7.68. The summed E-state index contributed by atoms with van der Waals surface area (Å²) in [6.45, 7) is 2.93. The molecule has 0 bridgehead atoms. The first kappa shape index (κ1) is 21.6. The number of carbonyl (C=O) groups is 1. The van der Waals surface area contributed by atoms with Gasteiger partial charge in [0, 0.05) is 6.54 Å². The molecule has 1 N–H and O–H groups in total. The second kappa shape index (κ2) is 9.69. The van der Waals surface area contributed by atoms with E-state index in [1.165, 1.54) is 11.8 Å². The van der Waals surface area contributed by atoms with Crippen molar-refractivity contribution >= 4 is 34.4 Å². The molecule has 8 nitrogen and oxygen atoms in total. The van der Waals surface area contributed by atoms with Gasteiger partial charge in [-0.05, 0) is 24.6 Å². The Morgan fingerprint density at radius 3 is 2.62 bits per heavy atom. The largest absolute Gasteiger partial charge is 0.495 e. The first-order valence-corrected chi connectivity index (χ1v) is 11.1. The molecule has 2 aromatic heterocycles. The molecular weight excluding hydrogens is 426 g/mol. The number of fused-ring (bicyclic) bond motifs is 1. The maximum atomic E-state index is 13.2. The van der Waals surface area contributed by atoms with E-state index in [1.54, 1.807) is 34.7 Å². The number of nitrogens with zero attached hydrogens (tertiary/aromatic N) is 4. The van der Waals surface area contributed by atoms with Crippen LogP contribution in [0.2, 0.25) is 0 Å². The summed E-state index contributed by atoms with van der Waals surface area (Å²) in [6, 6.07) is 16.9. The Kier molecular flexibility index (Phi) is 6.55. The summed E-state index contributed by atoms with van der Waals surface area (Å²) >= 11 is 1.21. The van der Waals surface area contributed by atoms with Crippen molar-refractivity contribution in [1.29, 1.82) is 0 Å². The minimum absolute atomic E-state index is 0.0900. The van der Waals surface area contributed by atoms with Gasteiger partial charge >= 0.3 is 0 Å². The minimum Gasteiger partial charge on any atom is -0.495 e. The number of aryl methyl sites for hydroxylation is 1. The van der Waals surface area contributed by atoms with Crippen molar-refractivity contribution in [1.82, 2.24) is 19.3 Å². The highest BCUT2D eigenvalue weighted by molar-refractivity contribution is 7.99. The van der Waals surface area contributed by atoms with Gasteiger partial charge in [-0.2, -0.15) is 5.10 Å². The maximum Gasteiger partial charge on any atom is 0.282 e. The van der Waals surface area contributed by atoms with Crippen LogP contribution in [0.4, 0.5) is 5.69 Å². The van der Waals surface area contributed by atoms with Crippen molar-refractivity contribution in [3.05, 3.63) is 76.7 Å². The average molecular weight is 450 g/mol. The fourth-order valence-electron chi connectivity index (χ4n) is 3.27. The van der Waals surface area contributed by atoms with E-state index in [-0.39, 0.29) is 17.2 Å². The highest BCUT2D eigenvalue weighted by atomic mass is 32.2. The number of carbonyl (C=O) groups excluding carboxylic acids is 1. The van der Waals surface area contributed by atoms with Gasteiger partial charge in [-0.1, -0.05) is 54.2 Å². The third-order valence-electron chi connectivity index (χ3n) is 4.86. The molecule has 0 spiro atoms. The van der Waals surface area contributed by atoms with Crippen LogP contribution in [0.3, 0.4) is 0 Å². The molecule has 0 saturated carbocycles. The minimum atomic E-state index is -0.223. The van der Waals surface area contributed by atoms with Crippen LogP contribution in [0.5, 0.6) is 5.75 Å². The van der Waals surface area contributed by atoms with Gasteiger partial charge in [0.1, 0.15) is 11.3 Å². The lowest BCUT2D eigenvalue weighted by Crippen LogP contribution is -2.25. The fourth-order valence-corrected chi connectivity index (χ4v) is 4.06. The Hall–Kier alpha value is -3.59. The van der Waals surface area contributed by atoms with Gasteiger partial charge in [0.2, 0.25) is 5.91 Å². The highest BCUT2D eigenvalue weighted by Crippen LogP contribution is 2.24. The van der Waals surface area contributed by atoms with E-state index in [1.807, 2.05) is 49.4 Å². The summed E-state index contributed by atoms with van der Waals surface area (Å²) in [5.74, 6) is 0.454. The molecule has 4 aromatic rings. The zero-order valence-corrected chi connectivity index (χ0v) is 18.6. The van der Waals surface area contributed by atoms with Crippen LogP contribution in [0.1, 0.15) is 12.5 Å². The van der Waals surface area contributed by atoms with Crippen molar-refractivity contribution in [3.8, 4) is 5.75 Å². The third kappa shape index (κ3) is 4.67. The fraction of sp³-hybridized carbons (Fsp3) is 0.217. The standard InChI is InChI=1S/C23H23N5O3S/c1-3-27-14-18-21(26-27)22(30)28(13-16-9-5-4-6-10-16)23(25-18)32-15-20(29)24-17-11-7-8-12-19(17)31-2/h4-12,14H,3,13,15H2,1-2H3,(H,24,29). The van der Waals surface area contributed by atoms with E-state index in [0.29, 0.717) is 40.7 Å². The third-order valence-corrected chi connectivity index (χ3v) is 5.83. The number of nitrogens with one attached hydrogen (secondary N) is 1. The molecule has 0 saturated heterocycles. The molecule has 2 aromatic carbocycles. The number of para-hydroxylation sites is 2. The number of ether oxygens (including phenoxy) is 1. The Bertz CT molecular complexity index is 1300. The molecule has 0 fully saturated rings. The molecule has 164 valence electrons. The smallest absolute Gasteiger partial charge is 0.282 e. The zero-order valence-electron chi connectivity index (χ0n) is 17.8. The quantitative estimate of drug-likeness (QED) is 0.328. The van der Waals surface area contributed by atoms with E-state index >= 15 is 0 Å². The van der Waals surface area contributed by atoms with Crippen molar-refractivity contribution < 1.29 is 9.53 Å². The van der Waals surface area contributed by atoms with Gasteiger partial charge in [-0.15, -0.1) is 0 Å². The molecule has 0 aliphatic carbocycles. The molecule has 1 amide bonds. The zero-order chi connectivity index (χ0) is 22.5. The summed E-state index contributed by atoms with van der Waals surface area (Å²) < 4.78 is 8.55. The number of rotatable bonds is 8. The molecule has 32 heavy (non-hydrogen) atoms. The molecule has 0 unspecified atom stereocenters. The number of aromatic nitrogens is 4. The van der Waals surface area contributed by atoms with E-state index in [0.717, 1.165) is 5.56 Å². The summed E-state index contributed by atoms with van der Waals surface area (Å²) in [5.41, 5.74) is 2.18. The molecule has 0 atom stereocenters. The number of methoxy groups -OCH3 is 1.